The van der Waals surface area contributed by atoms with Crippen molar-refractivity contribution in [3.63, 3.8) is 0 Å². The predicted octanol–water partition coefficient (Wildman–Crippen LogP) is 3.56. The number of urea groups is 1. The second-order valence-electron chi connectivity index (χ2n) is 5.77. The van der Waals surface area contributed by atoms with Crippen molar-refractivity contribution in [1.29, 1.82) is 0 Å². The Kier molecular flexibility index (Phi) is 6.08. The number of halogens is 1. The molecule has 4 nitrogen and oxygen atoms in total. The zero-order valence-corrected chi connectivity index (χ0v) is 13.8. The largest absolute Gasteiger partial charge is 0.393 e. The highest BCUT2D eigenvalue weighted by atomic mass is 32.2. The average Bonchev–Trinajstić information content (AvgIpc) is 2.49. The summed E-state index contributed by atoms with van der Waals surface area (Å²) in [5.41, 5.74) is 0.441. The molecule has 0 aromatic heterocycles. The Bertz CT molecular complexity index is 527. The summed E-state index contributed by atoms with van der Waals surface area (Å²) in [6.07, 6.45) is 5.37. The summed E-state index contributed by atoms with van der Waals surface area (Å²) in [6, 6.07) is 4.39. The van der Waals surface area contributed by atoms with E-state index in [0.717, 1.165) is 25.7 Å². The monoisotopic (exact) mass is 326 g/mol. The highest BCUT2D eigenvalue weighted by Gasteiger charge is 2.25. The molecule has 2 amide bonds. The molecule has 2 rings (SSSR count). The molecule has 2 N–H and O–H groups in total. The minimum absolute atomic E-state index is 0.125. The lowest BCUT2D eigenvalue weighted by Gasteiger charge is -2.31. The van der Waals surface area contributed by atoms with Crippen LogP contribution in [0.25, 0.3) is 0 Å². The van der Waals surface area contributed by atoms with Crippen molar-refractivity contribution in [1.82, 2.24) is 4.90 Å². The maximum Gasteiger partial charge on any atom is 0.321 e. The molecule has 0 spiro atoms. The van der Waals surface area contributed by atoms with Crippen molar-refractivity contribution >= 4 is 23.5 Å². The molecule has 22 heavy (non-hydrogen) atoms. The predicted molar refractivity (Wildman–Crippen MR) is 87.8 cm³/mol. The number of aliphatic hydroxyl groups excluding tert-OH is 1. The molecule has 0 bridgehead atoms. The number of carbonyl (C=O) groups is 1. The minimum atomic E-state index is -0.337. The summed E-state index contributed by atoms with van der Waals surface area (Å²) in [4.78, 5) is 14.3. The third kappa shape index (κ3) is 4.36. The Balaban J connectivity index is 1.92. The molecule has 1 fully saturated rings. The van der Waals surface area contributed by atoms with E-state index < -0.39 is 0 Å². The third-order valence-electron chi connectivity index (χ3n) is 4.13. The standard InChI is InChI=1S/C16H23FN2O2S/c1-19(10-11-5-3-4-6-14(11)20)16(21)18-12-7-8-15(22-2)13(17)9-12/h7-9,11,14,20H,3-6,10H2,1-2H3,(H,18,21). The number of nitrogens with one attached hydrogen (secondary N) is 1. The molecule has 1 aliphatic rings. The van der Waals surface area contributed by atoms with Crippen LogP contribution >= 0.6 is 11.8 Å². The summed E-state index contributed by atoms with van der Waals surface area (Å²) >= 11 is 1.33. The molecule has 0 radical (unpaired) electrons. The van der Waals surface area contributed by atoms with Crippen molar-refractivity contribution < 1.29 is 14.3 Å². The van der Waals surface area contributed by atoms with Crippen LogP contribution in [0.3, 0.4) is 0 Å². The molecule has 0 aliphatic heterocycles. The Hall–Kier alpha value is -1.27. The van der Waals surface area contributed by atoms with E-state index >= 15 is 0 Å². The number of aliphatic hydroxyl groups is 1. The molecular formula is C16H23FN2O2S. The summed E-state index contributed by atoms with van der Waals surface area (Å²) in [6.45, 7) is 0.512. The fraction of sp³-hybridized carbons (Fsp3) is 0.562. The Morgan fingerprint density at radius 3 is 2.82 bits per heavy atom. The van der Waals surface area contributed by atoms with Crippen molar-refractivity contribution in [3.05, 3.63) is 24.0 Å². The number of hydrogen-bond acceptors (Lipinski definition) is 3. The van der Waals surface area contributed by atoms with Gasteiger partial charge in [0.1, 0.15) is 5.82 Å². The fourth-order valence-corrected chi connectivity index (χ4v) is 3.26. The van der Waals surface area contributed by atoms with Crippen LogP contribution in [0, 0.1) is 11.7 Å². The third-order valence-corrected chi connectivity index (χ3v) is 4.90. The van der Waals surface area contributed by atoms with Gasteiger partial charge in [0.05, 0.1) is 6.10 Å². The van der Waals surface area contributed by atoms with Gasteiger partial charge in [0.2, 0.25) is 0 Å². The number of thioether (sulfide) groups is 1. The van der Waals surface area contributed by atoms with Crippen LogP contribution in [0.4, 0.5) is 14.9 Å². The molecule has 1 aliphatic carbocycles. The van der Waals surface area contributed by atoms with Gasteiger partial charge in [-0.1, -0.05) is 12.8 Å². The van der Waals surface area contributed by atoms with E-state index in [9.17, 15) is 14.3 Å². The van der Waals surface area contributed by atoms with Gasteiger partial charge in [-0.25, -0.2) is 9.18 Å². The molecule has 1 aromatic carbocycles. The first-order valence-corrected chi connectivity index (χ1v) is 8.77. The molecule has 6 heteroatoms. The maximum absolute atomic E-state index is 13.7. The lowest BCUT2D eigenvalue weighted by Crippen LogP contribution is -2.40. The van der Waals surface area contributed by atoms with Gasteiger partial charge in [0.25, 0.3) is 0 Å². The molecule has 122 valence electrons. The zero-order chi connectivity index (χ0) is 16.1. The van der Waals surface area contributed by atoms with Gasteiger partial charge < -0.3 is 15.3 Å². The van der Waals surface area contributed by atoms with E-state index in [1.165, 1.54) is 17.8 Å². The van der Waals surface area contributed by atoms with E-state index in [-0.39, 0.29) is 23.9 Å². The van der Waals surface area contributed by atoms with E-state index in [4.69, 9.17) is 0 Å². The van der Waals surface area contributed by atoms with Gasteiger partial charge in [-0.05, 0) is 37.3 Å². The van der Waals surface area contributed by atoms with Gasteiger partial charge >= 0.3 is 6.03 Å². The number of hydrogen-bond donors (Lipinski definition) is 2. The summed E-state index contributed by atoms with van der Waals surface area (Å²) in [5, 5.41) is 12.7. The van der Waals surface area contributed by atoms with Crippen molar-refractivity contribution in [3.8, 4) is 0 Å². The number of benzene rings is 1. The molecule has 1 saturated carbocycles. The number of rotatable bonds is 4. The fourth-order valence-electron chi connectivity index (χ4n) is 2.80. The Morgan fingerprint density at radius 1 is 1.45 bits per heavy atom. The first-order valence-electron chi connectivity index (χ1n) is 7.55. The quantitative estimate of drug-likeness (QED) is 0.832. The Morgan fingerprint density at radius 2 is 2.18 bits per heavy atom. The number of amides is 2. The van der Waals surface area contributed by atoms with Gasteiger partial charge in [0.15, 0.2) is 0 Å². The summed E-state index contributed by atoms with van der Waals surface area (Å²) in [5.74, 6) is -0.212. The SMILES string of the molecule is CSc1ccc(NC(=O)N(C)CC2CCCCC2O)cc1F. The van der Waals surface area contributed by atoms with Gasteiger partial charge in [0, 0.05) is 30.1 Å². The topological polar surface area (TPSA) is 52.6 Å². The highest BCUT2D eigenvalue weighted by molar-refractivity contribution is 7.98. The lowest BCUT2D eigenvalue weighted by atomic mass is 9.86. The highest BCUT2D eigenvalue weighted by Crippen LogP contribution is 2.25. The van der Waals surface area contributed by atoms with Crippen LogP contribution in [0.1, 0.15) is 25.7 Å². The lowest BCUT2D eigenvalue weighted by molar-refractivity contribution is 0.0575. The molecular weight excluding hydrogens is 303 g/mol. The number of carbonyl (C=O) groups excluding carboxylic acids is 1. The summed E-state index contributed by atoms with van der Waals surface area (Å²) < 4.78 is 13.7. The van der Waals surface area contributed by atoms with Crippen LogP contribution in [0.2, 0.25) is 0 Å². The number of anilines is 1. The normalized spacial score (nSPS) is 21.5. The van der Waals surface area contributed by atoms with Crippen LogP contribution < -0.4 is 5.32 Å². The van der Waals surface area contributed by atoms with E-state index in [2.05, 4.69) is 5.32 Å². The van der Waals surface area contributed by atoms with Crippen LogP contribution in [-0.4, -0.2) is 42.0 Å². The van der Waals surface area contributed by atoms with Gasteiger partial charge in [-0.3, -0.25) is 0 Å². The summed E-state index contributed by atoms with van der Waals surface area (Å²) in [7, 11) is 1.70. The van der Waals surface area contributed by atoms with Crippen molar-refractivity contribution in [2.45, 2.75) is 36.7 Å². The average molecular weight is 326 g/mol. The van der Waals surface area contributed by atoms with E-state index in [1.807, 2.05) is 0 Å². The van der Waals surface area contributed by atoms with E-state index in [1.54, 1.807) is 30.3 Å². The van der Waals surface area contributed by atoms with Gasteiger partial charge in [-0.2, -0.15) is 0 Å². The van der Waals surface area contributed by atoms with Crippen molar-refractivity contribution in [2.75, 3.05) is 25.2 Å². The molecule has 2 atom stereocenters. The smallest absolute Gasteiger partial charge is 0.321 e. The second-order valence-corrected chi connectivity index (χ2v) is 6.62. The molecule has 2 unspecified atom stereocenters. The zero-order valence-electron chi connectivity index (χ0n) is 13.0. The van der Waals surface area contributed by atoms with Crippen LogP contribution in [0.5, 0.6) is 0 Å². The maximum atomic E-state index is 13.7. The van der Waals surface area contributed by atoms with Crippen LogP contribution in [-0.2, 0) is 0 Å². The first kappa shape index (κ1) is 17.1. The minimum Gasteiger partial charge on any atom is -0.393 e. The van der Waals surface area contributed by atoms with Crippen molar-refractivity contribution in [2.24, 2.45) is 5.92 Å². The first-order chi connectivity index (χ1) is 10.5. The second kappa shape index (κ2) is 7.83. The molecule has 0 saturated heterocycles. The number of nitrogens with zero attached hydrogens (tertiary/aromatic N) is 1. The molecule has 1 aromatic rings. The van der Waals surface area contributed by atoms with Crippen LogP contribution in [0.15, 0.2) is 23.1 Å². The van der Waals surface area contributed by atoms with E-state index in [0.29, 0.717) is 17.1 Å². The van der Waals surface area contributed by atoms with Gasteiger partial charge in [-0.15, -0.1) is 11.8 Å². The Labute approximate surface area is 135 Å². The molecule has 0 heterocycles.